The van der Waals surface area contributed by atoms with E-state index in [1.807, 2.05) is 30.3 Å². The molecule has 3 amide bonds. The van der Waals surface area contributed by atoms with Crippen LogP contribution in [0.25, 0.3) is 10.8 Å². The maximum atomic E-state index is 12.0. The Morgan fingerprint density at radius 2 is 1.75 bits per heavy atom. The van der Waals surface area contributed by atoms with Gasteiger partial charge in [0.25, 0.3) is 0 Å². The topological polar surface area (TPSA) is 79.5 Å². The molecule has 6 heteroatoms. The van der Waals surface area contributed by atoms with Crippen molar-refractivity contribution in [2.75, 3.05) is 13.7 Å². The van der Waals surface area contributed by atoms with Crippen LogP contribution in [0.3, 0.4) is 0 Å². The van der Waals surface area contributed by atoms with Crippen LogP contribution in [-0.2, 0) is 11.3 Å². The van der Waals surface area contributed by atoms with Gasteiger partial charge in [-0.1, -0.05) is 37.5 Å². The minimum atomic E-state index is -0.176. The number of carbonyl (C=O) groups excluding carboxylic acids is 2. The second kappa shape index (κ2) is 9.97. The van der Waals surface area contributed by atoms with Crippen molar-refractivity contribution in [2.24, 2.45) is 0 Å². The van der Waals surface area contributed by atoms with Crippen LogP contribution in [0.4, 0.5) is 4.79 Å². The molecule has 0 heterocycles. The zero-order valence-electron chi connectivity index (χ0n) is 16.4. The van der Waals surface area contributed by atoms with Gasteiger partial charge >= 0.3 is 6.03 Å². The Morgan fingerprint density at radius 3 is 2.54 bits per heavy atom. The van der Waals surface area contributed by atoms with E-state index in [0.29, 0.717) is 13.1 Å². The zero-order valence-corrected chi connectivity index (χ0v) is 16.4. The molecule has 1 saturated carbocycles. The van der Waals surface area contributed by atoms with E-state index in [-0.39, 0.29) is 24.4 Å². The largest absolute Gasteiger partial charge is 0.497 e. The number of hydrogen-bond donors (Lipinski definition) is 3. The molecule has 1 aliphatic rings. The predicted octanol–water partition coefficient (Wildman–Crippen LogP) is 3.49. The van der Waals surface area contributed by atoms with E-state index in [2.05, 4.69) is 22.0 Å². The molecule has 0 atom stereocenters. The summed E-state index contributed by atoms with van der Waals surface area (Å²) in [6.07, 6.45) is 5.97. The molecule has 0 aliphatic heterocycles. The van der Waals surface area contributed by atoms with Crippen LogP contribution in [0.5, 0.6) is 5.75 Å². The summed E-state index contributed by atoms with van der Waals surface area (Å²) < 4.78 is 5.24. The van der Waals surface area contributed by atoms with Gasteiger partial charge < -0.3 is 20.7 Å². The number of amides is 3. The monoisotopic (exact) mass is 383 g/mol. The summed E-state index contributed by atoms with van der Waals surface area (Å²) >= 11 is 0. The molecule has 0 saturated heterocycles. The van der Waals surface area contributed by atoms with Crippen molar-refractivity contribution in [3.63, 3.8) is 0 Å². The van der Waals surface area contributed by atoms with Crippen LogP contribution in [-0.4, -0.2) is 31.6 Å². The lowest BCUT2D eigenvalue weighted by Gasteiger charge is -2.22. The van der Waals surface area contributed by atoms with Crippen LogP contribution >= 0.6 is 0 Å². The number of rotatable bonds is 7. The molecule has 2 aromatic carbocycles. The number of carbonyl (C=O) groups is 2. The zero-order chi connectivity index (χ0) is 19.8. The molecule has 0 unspecified atom stereocenters. The third-order valence-corrected chi connectivity index (χ3v) is 5.18. The summed E-state index contributed by atoms with van der Waals surface area (Å²) in [6.45, 7) is 0.803. The lowest BCUT2D eigenvalue weighted by molar-refractivity contribution is -0.121. The lowest BCUT2D eigenvalue weighted by Crippen LogP contribution is -2.43. The van der Waals surface area contributed by atoms with Gasteiger partial charge in [0, 0.05) is 25.6 Å². The smallest absolute Gasteiger partial charge is 0.315 e. The van der Waals surface area contributed by atoms with E-state index in [1.54, 1.807) is 7.11 Å². The van der Waals surface area contributed by atoms with Crippen LogP contribution in [0.15, 0.2) is 36.4 Å². The average molecular weight is 383 g/mol. The third-order valence-electron chi connectivity index (χ3n) is 5.18. The van der Waals surface area contributed by atoms with Gasteiger partial charge in [0.2, 0.25) is 5.91 Å². The fourth-order valence-electron chi connectivity index (χ4n) is 3.57. The van der Waals surface area contributed by atoms with Crippen molar-refractivity contribution in [3.8, 4) is 5.75 Å². The lowest BCUT2D eigenvalue weighted by atomic mass is 9.96. The molecule has 3 rings (SSSR count). The molecule has 6 nitrogen and oxygen atoms in total. The maximum absolute atomic E-state index is 12.0. The summed E-state index contributed by atoms with van der Waals surface area (Å²) in [6, 6.07) is 12.1. The fourth-order valence-corrected chi connectivity index (χ4v) is 3.57. The number of methoxy groups -OCH3 is 1. The van der Waals surface area contributed by atoms with Crippen molar-refractivity contribution >= 4 is 22.7 Å². The van der Waals surface area contributed by atoms with Gasteiger partial charge in [-0.15, -0.1) is 0 Å². The molecular formula is C22H29N3O3. The molecule has 0 bridgehead atoms. The Kier molecular flexibility index (Phi) is 7.12. The van der Waals surface area contributed by atoms with Crippen molar-refractivity contribution in [2.45, 2.75) is 51.1 Å². The van der Waals surface area contributed by atoms with Gasteiger partial charge in [-0.25, -0.2) is 4.79 Å². The molecule has 3 N–H and O–H groups in total. The highest BCUT2D eigenvalue weighted by Gasteiger charge is 2.15. The first kappa shape index (κ1) is 20.0. The van der Waals surface area contributed by atoms with Gasteiger partial charge in [-0.3, -0.25) is 4.79 Å². The highest BCUT2D eigenvalue weighted by atomic mass is 16.5. The molecule has 0 spiro atoms. The predicted molar refractivity (Wildman–Crippen MR) is 110 cm³/mol. The standard InChI is InChI=1S/C22H29N3O3/c1-28-20-10-9-17-13-16(7-8-18(17)14-20)15-24-21(26)11-12-23-22(27)25-19-5-3-2-4-6-19/h7-10,13-14,19H,2-6,11-12,15H2,1H3,(H,24,26)(H2,23,25,27). The van der Waals surface area contributed by atoms with Crippen LogP contribution in [0, 0.1) is 0 Å². The normalized spacial score (nSPS) is 14.5. The minimum absolute atomic E-state index is 0.0761. The van der Waals surface area contributed by atoms with E-state index in [0.717, 1.165) is 34.9 Å². The summed E-state index contributed by atoms with van der Waals surface area (Å²) in [4.78, 5) is 23.9. The molecule has 0 aromatic heterocycles. The minimum Gasteiger partial charge on any atom is -0.497 e. The van der Waals surface area contributed by atoms with Crippen LogP contribution < -0.4 is 20.7 Å². The summed E-state index contributed by atoms with van der Waals surface area (Å²) in [5.41, 5.74) is 1.04. The molecule has 0 radical (unpaired) electrons. The summed E-state index contributed by atoms with van der Waals surface area (Å²) in [7, 11) is 1.65. The Bertz CT molecular complexity index is 816. The van der Waals surface area contributed by atoms with Crippen LogP contribution in [0.1, 0.15) is 44.1 Å². The highest BCUT2D eigenvalue weighted by molar-refractivity contribution is 5.84. The van der Waals surface area contributed by atoms with Gasteiger partial charge in [-0.05, 0) is 47.4 Å². The second-order valence-corrected chi connectivity index (χ2v) is 7.31. The van der Waals surface area contributed by atoms with Crippen molar-refractivity contribution < 1.29 is 14.3 Å². The molecule has 28 heavy (non-hydrogen) atoms. The Labute approximate surface area is 166 Å². The van der Waals surface area contributed by atoms with Gasteiger partial charge in [0.15, 0.2) is 0 Å². The number of fused-ring (bicyclic) bond motifs is 1. The second-order valence-electron chi connectivity index (χ2n) is 7.31. The number of benzene rings is 2. The number of ether oxygens (including phenoxy) is 1. The van der Waals surface area contributed by atoms with Gasteiger partial charge in [0.05, 0.1) is 7.11 Å². The van der Waals surface area contributed by atoms with E-state index in [1.165, 1.54) is 19.3 Å². The first-order valence-corrected chi connectivity index (χ1v) is 10.0. The van der Waals surface area contributed by atoms with E-state index < -0.39 is 0 Å². The fraction of sp³-hybridized carbons (Fsp3) is 0.455. The SMILES string of the molecule is COc1ccc2cc(CNC(=O)CCNC(=O)NC3CCCCC3)ccc2c1. The highest BCUT2D eigenvalue weighted by Crippen LogP contribution is 2.21. The molecule has 2 aromatic rings. The average Bonchev–Trinajstić information content (AvgIpc) is 2.72. The van der Waals surface area contributed by atoms with Crippen molar-refractivity contribution in [1.82, 2.24) is 16.0 Å². The summed E-state index contributed by atoms with van der Waals surface area (Å²) in [5.74, 6) is 0.751. The maximum Gasteiger partial charge on any atom is 0.315 e. The number of nitrogens with one attached hydrogen (secondary N) is 3. The molecular weight excluding hydrogens is 354 g/mol. The van der Waals surface area contributed by atoms with E-state index in [9.17, 15) is 9.59 Å². The summed E-state index contributed by atoms with van der Waals surface area (Å²) in [5, 5.41) is 10.9. The number of urea groups is 1. The number of hydrogen-bond acceptors (Lipinski definition) is 3. The first-order chi connectivity index (χ1) is 13.6. The van der Waals surface area contributed by atoms with Crippen molar-refractivity contribution in [3.05, 3.63) is 42.0 Å². The molecule has 1 fully saturated rings. The molecule has 1 aliphatic carbocycles. The third kappa shape index (κ3) is 5.87. The Morgan fingerprint density at radius 1 is 1.00 bits per heavy atom. The first-order valence-electron chi connectivity index (χ1n) is 10.0. The van der Waals surface area contributed by atoms with E-state index >= 15 is 0 Å². The Hall–Kier alpha value is -2.76. The van der Waals surface area contributed by atoms with Crippen LogP contribution in [0.2, 0.25) is 0 Å². The molecule has 150 valence electrons. The van der Waals surface area contributed by atoms with Gasteiger partial charge in [-0.2, -0.15) is 0 Å². The van der Waals surface area contributed by atoms with E-state index in [4.69, 9.17) is 4.74 Å². The quantitative estimate of drug-likeness (QED) is 0.685. The Balaban J connectivity index is 1.38. The van der Waals surface area contributed by atoms with Gasteiger partial charge in [0.1, 0.15) is 5.75 Å². The van der Waals surface area contributed by atoms with Crippen molar-refractivity contribution in [1.29, 1.82) is 0 Å².